The summed E-state index contributed by atoms with van der Waals surface area (Å²) in [6.45, 7) is 0. The van der Waals surface area contributed by atoms with Crippen LogP contribution in [0.3, 0.4) is 0 Å². The van der Waals surface area contributed by atoms with Crippen molar-refractivity contribution in [3.63, 3.8) is 0 Å². The molecule has 0 aromatic heterocycles. The molecule has 15 heavy (non-hydrogen) atoms. The molecule has 0 bridgehead atoms. The van der Waals surface area contributed by atoms with Crippen molar-refractivity contribution in [1.29, 1.82) is 0 Å². The quantitative estimate of drug-likeness (QED) is 0.580. The molecule has 3 aliphatic heterocycles. The normalized spacial score (nSPS) is 21.2. The van der Waals surface area contributed by atoms with E-state index >= 15 is 0 Å². The number of guanidine groups is 1. The van der Waals surface area contributed by atoms with Gasteiger partial charge >= 0.3 is 0 Å². The molecule has 0 saturated carbocycles. The van der Waals surface area contributed by atoms with E-state index in [4.69, 9.17) is 0 Å². The van der Waals surface area contributed by atoms with Crippen molar-refractivity contribution in [3.8, 4) is 0 Å². The number of amidine groups is 1. The molecule has 72 valence electrons. The second-order valence-electron chi connectivity index (χ2n) is 3.11. The van der Waals surface area contributed by atoms with E-state index in [-0.39, 0.29) is 0 Å². The number of nitrogens with zero attached hydrogens (tertiary/aromatic N) is 4. The molecule has 0 atom stereocenters. The zero-order chi connectivity index (χ0) is 10.3. The van der Waals surface area contributed by atoms with Crippen molar-refractivity contribution in [2.45, 2.75) is 0 Å². The molecule has 0 fully saturated rings. The van der Waals surface area contributed by atoms with Crippen molar-refractivity contribution in [1.82, 2.24) is 4.90 Å². The van der Waals surface area contributed by atoms with Gasteiger partial charge in [0.2, 0.25) is 5.96 Å². The highest BCUT2D eigenvalue weighted by Crippen LogP contribution is 2.23. The second-order valence-corrected chi connectivity index (χ2v) is 3.11. The molecule has 0 amide bonds. The first-order valence-corrected chi connectivity index (χ1v) is 4.42. The van der Waals surface area contributed by atoms with E-state index in [2.05, 4.69) is 15.0 Å². The van der Waals surface area contributed by atoms with E-state index in [0.29, 0.717) is 17.4 Å². The summed E-state index contributed by atoms with van der Waals surface area (Å²) in [5.74, 6) is 1.13. The Morgan fingerprint density at radius 1 is 1.27 bits per heavy atom. The zero-order valence-electron chi connectivity index (χ0n) is 7.66. The standard InChI is InChI=1S/C10H6N4O/c15-5-7-1-2-8-3-4-11-10-13-6-12-9(7)14(8)10/h1-6H. The van der Waals surface area contributed by atoms with Gasteiger partial charge in [-0.1, -0.05) is 0 Å². The molecular weight excluding hydrogens is 192 g/mol. The molecular formula is C10H6N4O. The number of hydrogen-bond donors (Lipinski definition) is 0. The summed E-state index contributed by atoms with van der Waals surface area (Å²) in [6, 6.07) is 0. The first kappa shape index (κ1) is 8.05. The van der Waals surface area contributed by atoms with Gasteiger partial charge in [0.05, 0.1) is 11.3 Å². The van der Waals surface area contributed by atoms with E-state index in [1.165, 1.54) is 6.34 Å². The Labute approximate surface area is 85.5 Å². The van der Waals surface area contributed by atoms with Crippen LogP contribution >= 0.6 is 0 Å². The summed E-state index contributed by atoms with van der Waals surface area (Å²) < 4.78 is 0. The number of rotatable bonds is 1. The molecule has 0 aromatic rings. The highest BCUT2D eigenvalue weighted by molar-refractivity contribution is 6.24. The molecule has 0 aromatic carbocycles. The average Bonchev–Trinajstić information content (AvgIpc) is 2.30. The van der Waals surface area contributed by atoms with Gasteiger partial charge in [0.15, 0.2) is 12.1 Å². The molecule has 3 aliphatic rings. The van der Waals surface area contributed by atoms with Crippen molar-refractivity contribution in [2.24, 2.45) is 15.0 Å². The Morgan fingerprint density at radius 3 is 3.07 bits per heavy atom. The molecule has 0 aliphatic carbocycles. The minimum absolute atomic E-state index is 0.535. The smallest absolute Gasteiger partial charge is 0.237 e. The first-order valence-electron chi connectivity index (χ1n) is 4.42. The Balaban J connectivity index is 2.23. The maximum Gasteiger partial charge on any atom is 0.237 e. The van der Waals surface area contributed by atoms with E-state index in [9.17, 15) is 4.79 Å². The van der Waals surface area contributed by atoms with Crippen LogP contribution in [-0.4, -0.2) is 29.3 Å². The summed E-state index contributed by atoms with van der Waals surface area (Å²) in [6.07, 6.45) is 9.29. The number of hydrogen-bond acceptors (Lipinski definition) is 5. The van der Waals surface area contributed by atoms with Gasteiger partial charge in [-0.2, -0.15) is 0 Å². The van der Waals surface area contributed by atoms with Crippen LogP contribution in [-0.2, 0) is 4.79 Å². The predicted molar refractivity (Wildman–Crippen MR) is 56.6 cm³/mol. The van der Waals surface area contributed by atoms with Gasteiger partial charge in [-0.15, -0.1) is 0 Å². The lowest BCUT2D eigenvalue weighted by Gasteiger charge is -2.31. The number of carbonyl (C=O) groups is 1. The highest BCUT2D eigenvalue weighted by atomic mass is 16.1. The van der Waals surface area contributed by atoms with E-state index in [1.807, 2.05) is 12.2 Å². The summed E-state index contributed by atoms with van der Waals surface area (Å²) in [7, 11) is 0. The molecule has 0 saturated heterocycles. The van der Waals surface area contributed by atoms with Gasteiger partial charge in [0.1, 0.15) is 6.34 Å². The number of allylic oxidation sites excluding steroid dienone is 3. The third-order valence-corrected chi connectivity index (χ3v) is 2.28. The minimum Gasteiger partial charge on any atom is -0.298 e. The Kier molecular flexibility index (Phi) is 1.53. The second kappa shape index (κ2) is 2.84. The largest absolute Gasteiger partial charge is 0.298 e. The van der Waals surface area contributed by atoms with Gasteiger partial charge in [0.25, 0.3) is 0 Å². The van der Waals surface area contributed by atoms with Crippen molar-refractivity contribution in [3.05, 3.63) is 35.7 Å². The fourth-order valence-electron chi connectivity index (χ4n) is 1.60. The fourth-order valence-corrected chi connectivity index (χ4v) is 1.60. The molecule has 5 nitrogen and oxygen atoms in total. The molecule has 0 N–H and O–H groups in total. The van der Waals surface area contributed by atoms with Crippen LogP contribution in [0.4, 0.5) is 0 Å². The van der Waals surface area contributed by atoms with E-state index in [1.54, 1.807) is 17.2 Å². The van der Waals surface area contributed by atoms with E-state index in [0.717, 1.165) is 12.0 Å². The minimum atomic E-state index is 0.535. The fraction of sp³-hybridized carbons (Fsp3) is 0. The third kappa shape index (κ3) is 1.03. The lowest BCUT2D eigenvalue weighted by molar-refractivity contribution is -0.104. The molecule has 0 unspecified atom stereocenters. The van der Waals surface area contributed by atoms with Crippen molar-refractivity contribution in [2.75, 3.05) is 0 Å². The summed E-state index contributed by atoms with van der Waals surface area (Å²) in [4.78, 5) is 24.8. The zero-order valence-corrected chi connectivity index (χ0v) is 7.66. The summed E-state index contributed by atoms with van der Waals surface area (Å²) in [5, 5.41) is 0. The van der Waals surface area contributed by atoms with Crippen LogP contribution < -0.4 is 0 Å². The summed E-state index contributed by atoms with van der Waals surface area (Å²) in [5.41, 5.74) is 1.45. The molecule has 0 spiro atoms. The molecule has 3 heterocycles. The van der Waals surface area contributed by atoms with Gasteiger partial charge in [-0.05, 0) is 18.2 Å². The lowest BCUT2D eigenvalue weighted by Crippen LogP contribution is -2.40. The Bertz CT molecular complexity index is 520. The SMILES string of the molecule is O=CC1=CC=C2C=CN=C3N=CN=C1N23. The molecule has 5 heteroatoms. The van der Waals surface area contributed by atoms with Gasteiger partial charge < -0.3 is 0 Å². The van der Waals surface area contributed by atoms with Gasteiger partial charge in [-0.25, -0.2) is 15.0 Å². The average molecular weight is 198 g/mol. The predicted octanol–water partition coefficient (Wildman–Crippen LogP) is 0.635. The van der Waals surface area contributed by atoms with Crippen LogP contribution in [0.5, 0.6) is 0 Å². The van der Waals surface area contributed by atoms with Crippen molar-refractivity contribution < 1.29 is 4.79 Å². The van der Waals surface area contributed by atoms with Crippen LogP contribution in [0.1, 0.15) is 0 Å². The molecule has 0 radical (unpaired) electrons. The Morgan fingerprint density at radius 2 is 2.20 bits per heavy atom. The maximum absolute atomic E-state index is 10.8. The van der Waals surface area contributed by atoms with Crippen molar-refractivity contribution >= 4 is 24.4 Å². The van der Waals surface area contributed by atoms with E-state index < -0.39 is 0 Å². The third-order valence-electron chi connectivity index (χ3n) is 2.28. The lowest BCUT2D eigenvalue weighted by atomic mass is 10.1. The monoisotopic (exact) mass is 198 g/mol. The van der Waals surface area contributed by atoms with Crippen LogP contribution in [0, 0.1) is 0 Å². The number of aldehydes is 1. The first-order chi connectivity index (χ1) is 7.40. The number of carbonyl (C=O) groups excluding carboxylic acids is 1. The maximum atomic E-state index is 10.8. The van der Waals surface area contributed by atoms with Gasteiger partial charge in [-0.3, -0.25) is 9.69 Å². The number of aliphatic imine (C=N–C) groups is 3. The molecule has 3 rings (SSSR count). The summed E-state index contributed by atoms with van der Waals surface area (Å²) >= 11 is 0. The Hall–Kier alpha value is -2.30. The van der Waals surface area contributed by atoms with Crippen LogP contribution in [0.2, 0.25) is 0 Å². The van der Waals surface area contributed by atoms with Gasteiger partial charge in [0, 0.05) is 6.20 Å². The topological polar surface area (TPSA) is 57.4 Å². The highest BCUT2D eigenvalue weighted by Gasteiger charge is 2.28. The van der Waals surface area contributed by atoms with Crippen LogP contribution in [0.25, 0.3) is 0 Å². The van der Waals surface area contributed by atoms with Crippen LogP contribution in [0.15, 0.2) is 50.7 Å².